The van der Waals surface area contributed by atoms with Gasteiger partial charge in [0.2, 0.25) is 5.88 Å². The number of fused-ring (bicyclic) bond motifs is 2. The van der Waals surface area contributed by atoms with E-state index in [9.17, 15) is 0 Å². The molecule has 0 N–H and O–H groups in total. The zero-order valence-electron chi connectivity index (χ0n) is 17.2. The maximum absolute atomic E-state index is 6.29. The summed E-state index contributed by atoms with van der Waals surface area (Å²) in [7, 11) is 3.80. The summed E-state index contributed by atoms with van der Waals surface area (Å²) in [6.45, 7) is 4.29. The molecule has 0 aliphatic carbocycles. The maximum Gasteiger partial charge on any atom is 0.250 e. The highest BCUT2D eigenvalue weighted by molar-refractivity contribution is 6.01. The van der Waals surface area contributed by atoms with Crippen LogP contribution in [0.2, 0.25) is 0 Å². The lowest BCUT2D eigenvalue weighted by molar-refractivity contribution is 0.215. The maximum atomic E-state index is 6.29. The summed E-state index contributed by atoms with van der Waals surface area (Å²) < 4.78 is 13.3. The van der Waals surface area contributed by atoms with Crippen molar-refractivity contribution in [2.24, 2.45) is 4.99 Å². The summed E-state index contributed by atoms with van der Waals surface area (Å²) >= 11 is 0. The average Bonchev–Trinajstić information content (AvgIpc) is 3.07. The number of para-hydroxylation sites is 2. The molecule has 8 nitrogen and oxygen atoms in total. The van der Waals surface area contributed by atoms with Crippen molar-refractivity contribution in [3.8, 4) is 17.4 Å². The first kappa shape index (κ1) is 18.6. The Kier molecular flexibility index (Phi) is 4.84. The van der Waals surface area contributed by atoms with Crippen LogP contribution in [-0.2, 0) is 6.54 Å². The number of hydrogen-bond acceptors (Lipinski definition) is 7. The van der Waals surface area contributed by atoms with E-state index >= 15 is 0 Å². The minimum absolute atomic E-state index is 0.546. The fourth-order valence-electron chi connectivity index (χ4n) is 3.70. The molecule has 0 bridgehead atoms. The van der Waals surface area contributed by atoms with Gasteiger partial charge >= 0.3 is 0 Å². The molecule has 1 fully saturated rings. The Morgan fingerprint density at radius 1 is 1.00 bits per heavy atom. The number of nitrogens with zero attached hydrogens (tertiary/aromatic N) is 6. The molecule has 2 aliphatic rings. The van der Waals surface area contributed by atoms with Gasteiger partial charge in [0, 0.05) is 26.2 Å². The Hall–Kier alpha value is -3.39. The van der Waals surface area contributed by atoms with Gasteiger partial charge in [0.15, 0.2) is 17.3 Å². The van der Waals surface area contributed by atoms with E-state index in [0.717, 1.165) is 49.0 Å². The van der Waals surface area contributed by atoms with Gasteiger partial charge in [-0.05, 0) is 36.9 Å². The topological polar surface area (TPSA) is 68.0 Å². The van der Waals surface area contributed by atoms with Crippen molar-refractivity contribution in [1.29, 1.82) is 0 Å². The molecule has 3 aromatic rings. The van der Waals surface area contributed by atoms with Gasteiger partial charge in [0.25, 0.3) is 0 Å². The Labute approximate surface area is 175 Å². The number of hydrogen-bond donors (Lipinski definition) is 0. The number of ether oxygens (including phenoxy) is 2. The highest BCUT2D eigenvalue weighted by Crippen LogP contribution is 2.37. The quantitative estimate of drug-likeness (QED) is 0.669. The van der Waals surface area contributed by atoms with E-state index < -0.39 is 0 Å². The molecule has 0 unspecified atom stereocenters. The summed E-state index contributed by atoms with van der Waals surface area (Å²) in [5.74, 6) is 2.98. The summed E-state index contributed by atoms with van der Waals surface area (Å²) in [4.78, 5) is 9.53. The fraction of sp³-hybridized carbons (Fsp3) is 0.318. The van der Waals surface area contributed by atoms with E-state index in [1.54, 1.807) is 11.8 Å². The number of benzene rings is 2. The number of aliphatic imine (C=N–C) groups is 1. The van der Waals surface area contributed by atoms with Gasteiger partial charge in [0.05, 0.1) is 13.7 Å². The van der Waals surface area contributed by atoms with Gasteiger partial charge in [-0.15, -0.1) is 5.10 Å². The van der Waals surface area contributed by atoms with Crippen LogP contribution in [-0.4, -0.2) is 71.0 Å². The van der Waals surface area contributed by atoms with Crippen molar-refractivity contribution in [2.45, 2.75) is 6.54 Å². The molecule has 30 heavy (non-hydrogen) atoms. The van der Waals surface area contributed by atoms with Crippen LogP contribution in [0.25, 0.3) is 0 Å². The molecule has 5 rings (SSSR count). The third kappa shape index (κ3) is 3.50. The molecule has 3 heterocycles. The molecule has 2 aromatic carbocycles. The number of rotatable bonds is 3. The standard InChI is InChI=1S/C22H24N6O2/c1-26-11-13-27(14-12-26)21-20-22(30-19-6-4-3-5-18(19)23-21)28(25-24-20)15-16-7-9-17(29-2)10-8-16/h3-10H,11-15H2,1-2H3. The van der Waals surface area contributed by atoms with Crippen molar-refractivity contribution in [3.63, 3.8) is 0 Å². The SMILES string of the molecule is COc1ccc(Cn2nnc3c2Oc2ccccc2N=C3N2CCN(C)CC2)cc1. The van der Waals surface area contributed by atoms with Gasteiger partial charge in [-0.1, -0.05) is 29.5 Å². The second-order valence-corrected chi connectivity index (χ2v) is 7.54. The van der Waals surface area contributed by atoms with E-state index in [0.29, 0.717) is 23.9 Å². The van der Waals surface area contributed by atoms with E-state index in [-0.39, 0.29) is 0 Å². The molecule has 0 radical (unpaired) electrons. The molecule has 0 saturated carbocycles. The monoisotopic (exact) mass is 404 g/mol. The molecular weight excluding hydrogens is 380 g/mol. The lowest BCUT2D eigenvalue weighted by Gasteiger charge is -2.33. The van der Waals surface area contributed by atoms with Gasteiger partial charge in [-0.2, -0.15) is 0 Å². The molecular formula is C22H24N6O2. The number of aromatic nitrogens is 3. The lowest BCUT2D eigenvalue weighted by Crippen LogP contribution is -2.47. The highest BCUT2D eigenvalue weighted by Gasteiger charge is 2.29. The molecule has 0 spiro atoms. The first-order valence-corrected chi connectivity index (χ1v) is 10.1. The highest BCUT2D eigenvalue weighted by atomic mass is 16.5. The van der Waals surface area contributed by atoms with Crippen LogP contribution in [0.15, 0.2) is 53.5 Å². The van der Waals surface area contributed by atoms with Crippen LogP contribution in [0.4, 0.5) is 5.69 Å². The predicted octanol–water partition coefficient (Wildman–Crippen LogP) is 2.77. The molecule has 8 heteroatoms. The van der Waals surface area contributed by atoms with Crippen LogP contribution >= 0.6 is 0 Å². The van der Waals surface area contributed by atoms with Crippen LogP contribution in [0.3, 0.4) is 0 Å². The van der Waals surface area contributed by atoms with Crippen LogP contribution in [0, 0.1) is 0 Å². The van der Waals surface area contributed by atoms with Crippen molar-refractivity contribution in [1.82, 2.24) is 24.8 Å². The Morgan fingerprint density at radius 2 is 1.77 bits per heavy atom. The van der Waals surface area contributed by atoms with E-state index in [4.69, 9.17) is 14.5 Å². The van der Waals surface area contributed by atoms with Gasteiger partial charge in [-0.25, -0.2) is 9.67 Å². The summed E-state index contributed by atoms with van der Waals surface area (Å²) in [5, 5.41) is 8.89. The molecule has 0 atom stereocenters. The Balaban J connectivity index is 1.53. The summed E-state index contributed by atoms with van der Waals surface area (Å²) in [6, 6.07) is 15.8. The zero-order chi connectivity index (χ0) is 20.5. The van der Waals surface area contributed by atoms with Crippen molar-refractivity contribution in [3.05, 3.63) is 59.8 Å². The normalized spacial score (nSPS) is 16.2. The minimum atomic E-state index is 0.546. The van der Waals surface area contributed by atoms with Gasteiger partial charge in [0.1, 0.15) is 11.4 Å². The van der Waals surface area contributed by atoms with Gasteiger partial charge in [-0.3, -0.25) is 0 Å². The molecule has 0 amide bonds. The van der Waals surface area contributed by atoms with Crippen molar-refractivity contribution < 1.29 is 9.47 Å². The predicted molar refractivity (Wildman–Crippen MR) is 114 cm³/mol. The Morgan fingerprint density at radius 3 is 2.53 bits per heavy atom. The third-order valence-electron chi connectivity index (χ3n) is 5.49. The average molecular weight is 404 g/mol. The second-order valence-electron chi connectivity index (χ2n) is 7.54. The van der Waals surface area contributed by atoms with Crippen LogP contribution in [0.5, 0.6) is 17.4 Å². The van der Waals surface area contributed by atoms with Crippen LogP contribution < -0.4 is 9.47 Å². The number of likely N-dealkylation sites (N-methyl/N-ethyl adjacent to an activating group) is 1. The van der Waals surface area contributed by atoms with E-state index in [2.05, 4.69) is 27.2 Å². The summed E-state index contributed by atoms with van der Waals surface area (Å²) in [5.41, 5.74) is 2.58. The van der Waals surface area contributed by atoms with E-state index in [1.807, 2.05) is 48.5 Å². The first-order chi connectivity index (χ1) is 14.7. The number of methoxy groups -OCH3 is 1. The lowest BCUT2D eigenvalue weighted by atomic mass is 10.2. The fourth-order valence-corrected chi connectivity index (χ4v) is 3.70. The van der Waals surface area contributed by atoms with Crippen LogP contribution in [0.1, 0.15) is 11.3 Å². The molecule has 2 aliphatic heterocycles. The molecule has 1 saturated heterocycles. The zero-order valence-corrected chi connectivity index (χ0v) is 17.2. The molecule has 154 valence electrons. The number of amidine groups is 1. The first-order valence-electron chi connectivity index (χ1n) is 10.1. The van der Waals surface area contributed by atoms with Crippen molar-refractivity contribution >= 4 is 11.5 Å². The smallest absolute Gasteiger partial charge is 0.250 e. The van der Waals surface area contributed by atoms with E-state index in [1.165, 1.54) is 0 Å². The minimum Gasteiger partial charge on any atom is -0.497 e. The Bertz CT molecular complexity index is 1070. The number of piperazine rings is 1. The second kappa shape index (κ2) is 7.79. The van der Waals surface area contributed by atoms with Crippen molar-refractivity contribution in [2.75, 3.05) is 40.3 Å². The third-order valence-corrected chi connectivity index (χ3v) is 5.49. The largest absolute Gasteiger partial charge is 0.497 e. The molecule has 1 aromatic heterocycles. The van der Waals surface area contributed by atoms with Gasteiger partial charge < -0.3 is 19.3 Å². The summed E-state index contributed by atoms with van der Waals surface area (Å²) in [6.07, 6.45) is 0.